The first-order valence-corrected chi connectivity index (χ1v) is 8.44. The molecule has 0 unspecified atom stereocenters. The van der Waals surface area contributed by atoms with Crippen LogP contribution < -0.4 is 10.5 Å². The lowest BCUT2D eigenvalue weighted by atomic mass is 10.2. The van der Waals surface area contributed by atoms with E-state index in [1.165, 1.54) is 12.1 Å². The van der Waals surface area contributed by atoms with Gasteiger partial charge in [0.05, 0.1) is 16.8 Å². The summed E-state index contributed by atoms with van der Waals surface area (Å²) in [5, 5.41) is 3.80. The van der Waals surface area contributed by atoms with E-state index in [4.69, 9.17) is 22.1 Å². The predicted molar refractivity (Wildman–Crippen MR) is 81.0 cm³/mol. The van der Waals surface area contributed by atoms with E-state index >= 15 is 0 Å². The molecule has 0 radical (unpaired) electrons. The SMILES string of the molecule is CS(=O)(=O)n1nc(OC(=O)c2cc(Br)ccc2Cl)cc1N. The molecule has 0 aliphatic rings. The minimum absolute atomic E-state index is 0.110. The highest BCUT2D eigenvalue weighted by molar-refractivity contribution is 9.10. The van der Waals surface area contributed by atoms with Crippen molar-refractivity contribution in [3.63, 3.8) is 0 Å². The van der Waals surface area contributed by atoms with E-state index in [1.807, 2.05) is 0 Å². The lowest BCUT2D eigenvalue weighted by molar-refractivity contribution is 0.0727. The molecule has 10 heteroatoms. The van der Waals surface area contributed by atoms with Crippen LogP contribution in [0.15, 0.2) is 28.7 Å². The summed E-state index contributed by atoms with van der Waals surface area (Å²) in [5.74, 6) is -1.18. The zero-order chi connectivity index (χ0) is 15.8. The number of carbonyl (C=O) groups excluding carboxylic acids is 1. The highest BCUT2D eigenvalue weighted by Gasteiger charge is 2.18. The zero-order valence-electron chi connectivity index (χ0n) is 10.6. The summed E-state index contributed by atoms with van der Waals surface area (Å²) in [6, 6.07) is 5.79. The summed E-state index contributed by atoms with van der Waals surface area (Å²) in [6.45, 7) is 0. The summed E-state index contributed by atoms with van der Waals surface area (Å²) in [6.07, 6.45) is 0.924. The number of nitrogen functional groups attached to an aromatic ring is 1. The second-order valence-electron chi connectivity index (χ2n) is 4.03. The summed E-state index contributed by atoms with van der Waals surface area (Å²) in [5.41, 5.74) is 5.60. The van der Waals surface area contributed by atoms with Crippen LogP contribution in [0.4, 0.5) is 5.82 Å². The topological polar surface area (TPSA) is 104 Å². The Morgan fingerprint density at radius 2 is 2.10 bits per heavy atom. The summed E-state index contributed by atoms with van der Waals surface area (Å²) >= 11 is 9.10. The second kappa shape index (κ2) is 5.66. The minimum atomic E-state index is -3.67. The van der Waals surface area contributed by atoms with Crippen molar-refractivity contribution in [2.45, 2.75) is 0 Å². The quantitative estimate of drug-likeness (QED) is 0.797. The minimum Gasteiger partial charge on any atom is -0.402 e. The van der Waals surface area contributed by atoms with Crippen LogP contribution in [0.1, 0.15) is 10.4 Å². The third-order valence-corrected chi connectivity index (χ3v) is 4.08. The molecule has 0 saturated carbocycles. The first-order chi connectivity index (χ1) is 9.68. The van der Waals surface area contributed by atoms with E-state index in [-0.39, 0.29) is 22.3 Å². The van der Waals surface area contributed by atoms with Crippen molar-refractivity contribution in [3.05, 3.63) is 39.3 Å². The molecule has 0 saturated heterocycles. The van der Waals surface area contributed by atoms with Crippen molar-refractivity contribution in [2.24, 2.45) is 0 Å². The Kier molecular flexibility index (Phi) is 4.26. The molecule has 1 aromatic carbocycles. The molecule has 2 N–H and O–H groups in total. The molecule has 0 amide bonds. The van der Waals surface area contributed by atoms with Crippen molar-refractivity contribution in [3.8, 4) is 5.88 Å². The second-order valence-corrected chi connectivity index (χ2v) is 7.16. The molecular weight excluding hydrogens is 386 g/mol. The number of carbonyl (C=O) groups is 1. The lowest BCUT2D eigenvalue weighted by Gasteiger charge is -2.03. The molecule has 112 valence electrons. The molecule has 21 heavy (non-hydrogen) atoms. The number of anilines is 1. The van der Waals surface area contributed by atoms with Gasteiger partial charge < -0.3 is 10.5 Å². The molecule has 0 spiro atoms. The molecule has 0 bridgehead atoms. The van der Waals surface area contributed by atoms with Gasteiger partial charge >= 0.3 is 5.97 Å². The number of rotatable bonds is 3. The Morgan fingerprint density at radius 1 is 1.43 bits per heavy atom. The fourth-order valence-corrected chi connectivity index (χ4v) is 2.70. The van der Waals surface area contributed by atoms with Crippen LogP contribution in [0.5, 0.6) is 5.88 Å². The molecule has 2 rings (SSSR count). The van der Waals surface area contributed by atoms with Crippen LogP contribution in [-0.4, -0.2) is 29.8 Å². The largest absolute Gasteiger partial charge is 0.402 e. The number of nitrogens with zero attached hydrogens (tertiary/aromatic N) is 2. The number of hydrogen-bond donors (Lipinski definition) is 1. The highest BCUT2D eigenvalue weighted by Crippen LogP contribution is 2.23. The van der Waals surface area contributed by atoms with Gasteiger partial charge in [-0.15, -0.1) is 9.19 Å². The van der Waals surface area contributed by atoms with Gasteiger partial charge in [-0.2, -0.15) is 0 Å². The van der Waals surface area contributed by atoms with Gasteiger partial charge in [-0.1, -0.05) is 27.5 Å². The van der Waals surface area contributed by atoms with Gasteiger partial charge in [0, 0.05) is 10.5 Å². The van der Waals surface area contributed by atoms with Crippen molar-refractivity contribution < 1.29 is 17.9 Å². The van der Waals surface area contributed by atoms with Gasteiger partial charge in [0.1, 0.15) is 5.82 Å². The summed E-state index contributed by atoms with van der Waals surface area (Å²) in [4.78, 5) is 12.0. The van der Waals surface area contributed by atoms with Crippen LogP contribution in [0.2, 0.25) is 5.02 Å². The van der Waals surface area contributed by atoms with Crippen LogP contribution in [-0.2, 0) is 10.0 Å². The molecular formula is C11H9BrClN3O4S. The van der Waals surface area contributed by atoms with Crippen LogP contribution in [0, 0.1) is 0 Å². The van der Waals surface area contributed by atoms with Gasteiger partial charge in [-0.25, -0.2) is 13.2 Å². The third kappa shape index (κ3) is 3.55. The monoisotopic (exact) mass is 393 g/mol. The maximum absolute atomic E-state index is 12.0. The van der Waals surface area contributed by atoms with Gasteiger partial charge in [-0.05, 0) is 18.2 Å². The molecule has 1 aromatic heterocycles. The van der Waals surface area contributed by atoms with E-state index < -0.39 is 16.0 Å². The van der Waals surface area contributed by atoms with E-state index in [2.05, 4.69) is 21.0 Å². The van der Waals surface area contributed by atoms with Crippen LogP contribution in [0.25, 0.3) is 0 Å². The number of nitrogens with two attached hydrogens (primary N) is 1. The predicted octanol–water partition coefficient (Wildman–Crippen LogP) is 1.91. The van der Waals surface area contributed by atoms with Crippen LogP contribution in [0.3, 0.4) is 0 Å². The number of hydrogen-bond acceptors (Lipinski definition) is 6. The maximum Gasteiger partial charge on any atom is 0.346 e. The Morgan fingerprint density at radius 3 is 2.67 bits per heavy atom. The Bertz CT molecular complexity index is 819. The van der Waals surface area contributed by atoms with Gasteiger partial charge in [0.15, 0.2) is 0 Å². The fraction of sp³-hybridized carbons (Fsp3) is 0.0909. The van der Waals surface area contributed by atoms with E-state index in [0.717, 1.165) is 12.3 Å². The fourth-order valence-electron chi connectivity index (χ4n) is 1.48. The molecule has 2 aromatic rings. The Balaban J connectivity index is 2.30. The molecule has 7 nitrogen and oxygen atoms in total. The summed E-state index contributed by atoms with van der Waals surface area (Å²) in [7, 11) is -3.67. The van der Waals surface area contributed by atoms with E-state index in [9.17, 15) is 13.2 Å². The van der Waals surface area contributed by atoms with Crippen molar-refractivity contribution >= 4 is 49.3 Å². The van der Waals surface area contributed by atoms with E-state index in [1.54, 1.807) is 6.07 Å². The summed E-state index contributed by atoms with van der Waals surface area (Å²) < 4.78 is 28.9. The first kappa shape index (κ1) is 15.8. The number of halogens is 2. The molecule has 0 atom stereocenters. The first-order valence-electron chi connectivity index (χ1n) is 5.42. The van der Waals surface area contributed by atoms with Gasteiger partial charge in [-0.3, -0.25) is 0 Å². The van der Waals surface area contributed by atoms with Gasteiger partial charge in [0.25, 0.3) is 10.0 Å². The molecule has 1 heterocycles. The maximum atomic E-state index is 12.0. The Labute approximate surface area is 133 Å². The van der Waals surface area contributed by atoms with E-state index in [0.29, 0.717) is 8.56 Å². The van der Waals surface area contributed by atoms with Crippen molar-refractivity contribution in [2.75, 3.05) is 12.0 Å². The average Bonchev–Trinajstić information content (AvgIpc) is 2.73. The standard InChI is InChI=1S/C11H9BrClN3O4S/c1-21(18,19)16-9(14)5-10(15-16)20-11(17)7-4-6(12)2-3-8(7)13/h2-5H,14H2,1H3. The van der Waals surface area contributed by atoms with Crippen molar-refractivity contribution in [1.29, 1.82) is 0 Å². The molecule has 0 fully saturated rings. The molecule has 0 aliphatic heterocycles. The third-order valence-electron chi connectivity index (χ3n) is 2.34. The van der Waals surface area contributed by atoms with Crippen LogP contribution >= 0.6 is 27.5 Å². The Hall–Kier alpha value is -1.58. The smallest absolute Gasteiger partial charge is 0.346 e. The van der Waals surface area contributed by atoms with Gasteiger partial charge in [0.2, 0.25) is 5.88 Å². The number of ether oxygens (including phenoxy) is 1. The molecule has 0 aliphatic carbocycles. The zero-order valence-corrected chi connectivity index (χ0v) is 13.7. The highest BCUT2D eigenvalue weighted by atomic mass is 79.9. The average molecular weight is 395 g/mol. The number of benzene rings is 1. The number of aromatic nitrogens is 2. The normalized spacial score (nSPS) is 11.4. The number of esters is 1. The van der Waals surface area contributed by atoms with Crippen molar-refractivity contribution in [1.82, 2.24) is 9.19 Å². The lowest BCUT2D eigenvalue weighted by Crippen LogP contribution is -2.15.